The number of carbonyl (C=O) groups is 2. The Labute approximate surface area is 190 Å². The molecule has 1 amide bonds. The van der Waals surface area contributed by atoms with Crippen molar-refractivity contribution in [2.45, 2.75) is 12.3 Å². The quantitative estimate of drug-likeness (QED) is 0.595. The number of carboxylic acids is 1. The van der Waals surface area contributed by atoms with Gasteiger partial charge in [-0.05, 0) is 35.9 Å². The average Bonchev–Trinajstić information content (AvgIpc) is 2.81. The lowest BCUT2D eigenvalue weighted by atomic mass is 10.1. The van der Waals surface area contributed by atoms with Crippen LogP contribution < -0.4 is 20.3 Å². The second-order valence-electron chi connectivity index (χ2n) is 6.95. The number of nitrogens with one attached hydrogen (secondary N) is 1. The Balaban J connectivity index is 0.000000406. The zero-order valence-corrected chi connectivity index (χ0v) is 17.6. The number of pyridine rings is 2. The highest BCUT2D eigenvalue weighted by molar-refractivity contribution is 5.95. The van der Waals surface area contributed by atoms with E-state index < -0.39 is 24.2 Å². The number of fused-ring (bicyclic) bond motifs is 1. The van der Waals surface area contributed by atoms with E-state index in [-0.39, 0.29) is 17.9 Å². The van der Waals surface area contributed by atoms with E-state index in [1.165, 1.54) is 4.57 Å². The predicted octanol–water partition coefficient (Wildman–Crippen LogP) is 2.86. The monoisotopic (exact) mass is 477 g/mol. The molecule has 1 aliphatic rings. The number of aliphatic carboxylic acids is 1. The molecule has 178 valence electrons. The van der Waals surface area contributed by atoms with Crippen molar-refractivity contribution in [3.8, 4) is 22.6 Å². The van der Waals surface area contributed by atoms with Crippen LogP contribution in [0.25, 0.3) is 11.1 Å². The smallest absolute Gasteiger partial charge is 0.485 e. The number of benzene rings is 1. The summed E-state index contributed by atoms with van der Waals surface area (Å²) in [5.41, 5.74) is 1.56. The lowest BCUT2D eigenvalue weighted by Gasteiger charge is -2.25. The molecule has 0 radical (unpaired) electrons. The van der Waals surface area contributed by atoms with E-state index in [1.54, 1.807) is 49.9 Å². The minimum atomic E-state index is -5.08. The van der Waals surface area contributed by atoms with Crippen LogP contribution in [-0.4, -0.2) is 45.4 Å². The number of alkyl halides is 3. The molecular formula is C22H18F3N3O6. The van der Waals surface area contributed by atoms with Crippen molar-refractivity contribution in [2.24, 2.45) is 7.05 Å². The Hall–Kier alpha value is -4.35. The summed E-state index contributed by atoms with van der Waals surface area (Å²) in [5, 5.41) is 9.79. The van der Waals surface area contributed by atoms with Crippen molar-refractivity contribution in [3.63, 3.8) is 0 Å². The number of ether oxygens (including phenoxy) is 2. The van der Waals surface area contributed by atoms with Gasteiger partial charge in [-0.15, -0.1) is 0 Å². The molecule has 0 saturated heterocycles. The summed E-state index contributed by atoms with van der Waals surface area (Å²) >= 11 is 0. The summed E-state index contributed by atoms with van der Waals surface area (Å²) in [6.45, 7) is 0.0766. The van der Waals surface area contributed by atoms with Gasteiger partial charge in [0, 0.05) is 31.2 Å². The molecule has 1 atom stereocenters. The van der Waals surface area contributed by atoms with Gasteiger partial charge in [-0.1, -0.05) is 12.1 Å². The number of aryl methyl sites for hydroxylation is 1. The van der Waals surface area contributed by atoms with E-state index >= 15 is 0 Å². The van der Waals surface area contributed by atoms with Crippen LogP contribution in [0.15, 0.2) is 65.8 Å². The van der Waals surface area contributed by atoms with E-state index in [9.17, 15) is 22.8 Å². The number of anilines is 1. The first-order valence-electron chi connectivity index (χ1n) is 9.67. The first kappa shape index (κ1) is 24.3. The van der Waals surface area contributed by atoms with Gasteiger partial charge >= 0.3 is 12.1 Å². The third kappa shape index (κ3) is 5.91. The average molecular weight is 477 g/mol. The molecule has 0 fully saturated rings. The fourth-order valence-corrected chi connectivity index (χ4v) is 2.87. The zero-order chi connectivity index (χ0) is 24.9. The number of aromatic nitrogens is 2. The molecule has 0 unspecified atom stereocenters. The van der Waals surface area contributed by atoms with E-state index in [1.807, 2.05) is 18.2 Å². The SMILES string of the molecule is Cn1cc(-c2ccncc2)cc(NC(=O)[C@H]2COc3ccccc3O2)c1=O.O=C(O)C(F)(F)F. The molecule has 4 rings (SSSR count). The molecule has 0 bridgehead atoms. The molecule has 3 heterocycles. The van der Waals surface area contributed by atoms with Crippen molar-refractivity contribution >= 4 is 17.6 Å². The van der Waals surface area contributed by atoms with E-state index in [4.69, 9.17) is 19.4 Å². The summed E-state index contributed by atoms with van der Waals surface area (Å²) in [4.78, 5) is 37.9. The van der Waals surface area contributed by atoms with Crippen LogP contribution in [0, 0.1) is 0 Å². The Morgan fingerprint density at radius 1 is 1.12 bits per heavy atom. The summed E-state index contributed by atoms with van der Waals surface area (Å²) < 4.78 is 44.4. The number of hydrogen-bond acceptors (Lipinski definition) is 6. The van der Waals surface area contributed by atoms with Crippen LogP contribution in [0.5, 0.6) is 11.5 Å². The van der Waals surface area contributed by atoms with Gasteiger partial charge in [0.1, 0.15) is 12.3 Å². The maximum atomic E-state index is 12.6. The minimum Gasteiger partial charge on any atom is -0.485 e. The number of rotatable bonds is 3. The first-order chi connectivity index (χ1) is 16.1. The van der Waals surface area contributed by atoms with Crippen LogP contribution in [0.4, 0.5) is 18.9 Å². The Morgan fingerprint density at radius 3 is 2.35 bits per heavy atom. The highest BCUT2D eigenvalue weighted by Crippen LogP contribution is 2.31. The normalized spacial score (nSPS) is 14.4. The fourth-order valence-electron chi connectivity index (χ4n) is 2.87. The van der Waals surface area contributed by atoms with Gasteiger partial charge in [0.15, 0.2) is 11.5 Å². The second-order valence-corrected chi connectivity index (χ2v) is 6.95. The van der Waals surface area contributed by atoms with Gasteiger partial charge in [0.2, 0.25) is 6.10 Å². The number of carbonyl (C=O) groups excluding carboxylic acids is 1. The molecular weight excluding hydrogens is 459 g/mol. The molecule has 1 aliphatic heterocycles. The van der Waals surface area contributed by atoms with E-state index in [2.05, 4.69) is 10.3 Å². The third-order valence-electron chi connectivity index (χ3n) is 4.50. The molecule has 0 aliphatic carbocycles. The summed E-state index contributed by atoms with van der Waals surface area (Å²) in [6.07, 6.45) is -0.870. The molecule has 0 saturated carbocycles. The predicted molar refractivity (Wildman–Crippen MR) is 114 cm³/mol. The molecule has 9 nitrogen and oxygen atoms in total. The largest absolute Gasteiger partial charge is 0.490 e. The lowest BCUT2D eigenvalue weighted by Crippen LogP contribution is -2.41. The molecule has 12 heteroatoms. The van der Waals surface area contributed by atoms with Crippen LogP contribution in [0.3, 0.4) is 0 Å². The maximum absolute atomic E-state index is 12.6. The standard InChI is InChI=1S/C20H17N3O4.C2HF3O2/c1-23-11-14(13-6-8-21-9-7-13)10-15(20(23)25)22-19(24)18-12-26-16-4-2-3-5-17(16)27-18;3-2(4,5)1(6)7/h2-11,18H,12H2,1H3,(H,22,24);(H,6,7)/t18-;/m1./s1. The van der Waals surface area contributed by atoms with Crippen molar-refractivity contribution in [1.29, 1.82) is 0 Å². The Kier molecular flexibility index (Phi) is 7.19. The summed E-state index contributed by atoms with van der Waals surface area (Å²) in [7, 11) is 1.64. The first-order valence-corrected chi connectivity index (χ1v) is 9.67. The van der Waals surface area contributed by atoms with Gasteiger partial charge < -0.3 is 24.5 Å². The van der Waals surface area contributed by atoms with Gasteiger partial charge in [-0.3, -0.25) is 14.6 Å². The van der Waals surface area contributed by atoms with Gasteiger partial charge in [-0.25, -0.2) is 4.79 Å². The van der Waals surface area contributed by atoms with Crippen molar-refractivity contribution in [1.82, 2.24) is 9.55 Å². The zero-order valence-electron chi connectivity index (χ0n) is 17.6. The second kappa shape index (κ2) is 10.1. The lowest BCUT2D eigenvalue weighted by molar-refractivity contribution is -0.192. The maximum Gasteiger partial charge on any atom is 0.490 e. The fraction of sp³-hybridized carbons (Fsp3) is 0.182. The van der Waals surface area contributed by atoms with E-state index in [0.29, 0.717) is 11.5 Å². The van der Waals surface area contributed by atoms with Crippen molar-refractivity contribution < 1.29 is 37.3 Å². The summed E-state index contributed by atoms with van der Waals surface area (Å²) in [5.74, 6) is -2.10. The Morgan fingerprint density at radius 2 is 1.74 bits per heavy atom. The number of carboxylic acid groups (broad SMARTS) is 1. The van der Waals surface area contributed by atoms with Gasteiger partial charge in [-0.2, -0.15) is 13.2 Å². The third-order valence-corrected chi connectivity index (χ3v) is 4.50. The molecule has 34 heavy (non-hydrogen) atoms. The molecule has 2 N–H and O–H groups in total. The number of nitrogens with zero attached hydrogens (tertiary/aromatic N) is 2. The van der Waals surface area contributed by atoms with Gasteiger partial charge in [0.05, 0.1) is 0 Å². The molecule has 0 spiro atoms. The topological polar surface area (TPSA) is 120 Å². The van der Waals surface area contributed by atoms with Crippen LogP contribution in [0.1, 0.15) is 0 Å². The highest BCUT2D eigenvalue weighted by atomic mass is 19.4. The highest BCUT2D eigenvalue weighted by Gasteiger charge is 2.38. The summed E-state index contributed by atoms with van der Waals surface area (Å²) in [6, 6.07) is 12.5. The van der Waals surface area contributed by atoms with Crippen LogP contribution >= 0.6 is 0 Å². The van der Waals surface area contributed by atoms with Crippen molar-refractivity contribution in [2.75, 3.05) is 11.9 Å². The minimum absolute atomic E-state index is 0.0766. The van der Waals surface area contributed by atoms with Crippen LogP contribution in [0.2, 0.25) is 0 Å². The van der Waals surface area contributed by atoms with Crippen molar-refractivity contribution in [3.05, 3.63) is 71.4 Å². The number of amides is 1. The number of para-hydroxylation sites is 2. The van der Waals surface area contributed by atoms with E-state index in [0.717, 1.165) is 11.1 Å². The van der Waals surface area contributed by atoms with Gasteiger partial charge in [0.25, 0.3) is 11.5 Å². The van der Waals surface area contributed by atoms with Crippen LogP contribution in [-0.2, 0) is 16.6 Å². The molecule has 3 aromatic rings. The molecule has 1 aromatic carbocycles. The number of halogens is 3. The Bertz CT molecular complexity index is 1240. The molecule has 2 aromatic heterocycles. The number of hydrogen-bond donors (Lipinski definition) is 2.